The quantitative estimate of drug-likeness (QED) is 0.615. The lowest BCUT2D eigenvalue weighted by Gasteiger charge is -2.05. The van der Waals surface area contributed by atoms with Crippen LogP contribution in [0.15, 0.2) is 0 Å². The summed E-state index contributed by atoms with van der Waals surface area (Å²) in [6.45, 7) is 4.77. The molecule has 0 aliphatic carbocycles. The Bertz CT molecular complexity index is 270. The van der Waals surface area contributed by atoms with Crippen LogP contribution < -0.4 is 0 Å². The minimum atomic E-state index is -3.86. The van der Waals surface area contributed by atoms with Gasteiger partial charge in [0.1, 0.15) is 6.10 Å². The van der Waals surface area contributed by atoms with Crippen LogP contribution in [0.4, 0.5) is 0 Å². The monoisotopic (exact) mass is 192 g/mol. The maximum Gasteiger partial charge on any atom is 0.401 e. The summed E-state index contributed by atoms with van der Waals surface area (Å²) < 4.78 is 30.4. The molecule has 1 atom stereocenters. The minimum Gasteiger partial charge on any atom is -0.248 e. The SMILES string of the molecule is CC#CC(C)OS(=O)(=O)OCC. The zero-order valence-electron chi connectivity index (χ0n) is 7.33. The van der Waals surface area contributed by atoms with Crippen molar-refractivity contribution in [1.82, 2.24) is 0 Å². The molecule has 0 aromatic rings. The van der Waals surface area contributed by atoms with Crippen LogP contribution in [-0.2, 0) is 18.8 Å². The van der Waals surface area contributed by atoms with E-state index >= 15 is 0 Å². The van der Waals surface area contributed by atoms with Crippen LogP contribution in [0.1, 0.15) is 20.8 Å². The zero-order chi connectivity index (χ0) is 9.61. The van der Waals surface area contributed by atoms with Crippen molar-refractivity contribution in [3.05, 3.63) is 0 Å². The Morgan fingerprint density at radius 1 is 1.50 bits per heavy atom. The Morgan fingerprint density at radius 2 is 2.08 bits per heavy atom. The molecule has 0 saturated heterocycles. The third-order valence-corrected chi connectivity index (χ3v) is 1.92. The van der Waals surface area contributed by atoms with Gasteiger partial charge in [0.15, 0.2) is 0 Å². The molecule has 70 valence electrons. The van der Waals surface area contributed by atoms with Gasteiger partial charge in [-0.2, -0.15) is 8.42 Å². The van der Waals surface area contributed by atoms with Gasteiger partial charge < -0.3 is 0 Å². The Balaban J connectivity index is 4.12. The second-order valence-electron chi connectivity index (χ2n) is 1.95. The standard InChI is InChI=1S/C7H12O4S/c1-4-6-7(3)11-12(8,9)10-5-2/h7H,5H2,1-3H3. The molecule has 0 radical (unpaired) electrons. The molecule has 4 nitrogen and oxygen atoms in total. The molecule has 0 N–H and O–H groups in total. The van der Waals surface area contributed by atoms with E-state index in [1.54, 1.807) is 13.8 Å². The molecule has 5 heteroatoms. The first-order valence-corrected chi connectivity index (χ1v) is 4.85. The summed E-state index contributed by atoms with van der Waals surface area (Å²) in [5.74, 6) is 5.07. The van der Waals surface area contributed by atoms with Crippen molar-refractivity contribution in [2.45, 2.75) is 26.9 Å². The predicted octanol–water partition coefficient (Wildman–Crippen LogP) is 0.696. The molecule has 0 spiro atoms. The fraction of sp³-hybridized carbons (Fsp3) is 0.714. The predicted molar refractivity (Wildman–Crippen MR) is 44.5 cm³/mol. The third kappa shape index (κ3) is 5.13. The largest absolute Gasteiger partial charge is 0.401 e. The van der Waals surface area contributed by atoms with Crippen LogP contribution in [0.2, 0.25) is 0 Å². The van der Waals surface area contributed by atoms with Crippen molar-refractivity contribution in [2.75, 3.05) is 6.61 Å². The topological polar surface area (TPSA) is 52.6 Å². The summed E-state index contributed by atoms with van der Waals surface area (Å²) in [6, 6.07) is 0. The van der Waals surface area contributed by atoms with Crippen molar-refractivity contribution >= 4 is 10.4 Å². The molecular weight excluding hydrogens is 180 g/mol. The molecule has 0 bridgehead atoms. The lowest BCUT2D eigenvalue weighted by Crippen LogP contribution is -2.16. The van der Waals surface area contributed by atoms with Crippen molar-refractivity contribution < 1.29 is 16.8 Å². The van der Waals surface area contributed by atoms with Crippen molar-refractivity contribution in [3.63, 3.8) is 0 Å². The van der Waals surface area contributed by atoms with E-state index in [9.17, 15) is 8.42 Å². The van der Waals surface area contributed by atoms with Crippen LogP contribution in [0.5, 0.6) is 0 Å². The summed E-state index contributed by atoms with van der Waals surface area (Å²) in [5.41, 5.74) is 0. The zero-order valence-corrected chi connectivity index (χ0v) is 8.14. The van der Waals surface area contributed by atoms with Gasteiger partial charge >= 0.3 is 10.4 Å². The maximum atomic E-state index is 10.8. The van der Waals surface area contributed by atoms with E-state index in [1.807, 2.05) is 0 Å². The summed E-state index contributed by atoms with van der Waals surface area (Å²) in [5, 5.41) is 0. The molecule has 0 aliphatic rings. The fourth-order valence-electron chi connectivity index (χ4n) is 0.576. The Morgan fingerprint density at radius 3 is 2.50 bits per heavy atom. The van der Waals surface area contributed by atoms with Crippen molar-refractivity contribution in [3.8, 4) is 11.8 Å². The first-order chi connectivity index (χ1) is 5.52. The highest BCUT2D eigenvalue weighted by molar-refractivity contribution is 7.81. The highest BCUT2D eigenvalue weighted by atomic mass is 32.3. The minimum absolute atomic E-state index is 0.0641. The number of rotatable bonds is 4. The Kier molecular flexibility index (Phi) is 4.90. The first-order valence-electron chi connectivity index (χ1n) is 3.51. The van der Waals surface area contributed by atoms with Crippen molar-refractivity contribution in [2.24, 2.45) is 0 Å². The maximum absolute atomic E-state index is 10.8. The van der Waals surface area contributed by atoms with Crippen LogP contribution in [0, 0.1) is 11.8 Å². The molecule has 12 heavy (non-hydrogen) atoms. The van der Waals surface area contributed by atoms with E-state index in [4.69, 9.17) is 0 Å². The van der Waals surface area contributed by atoms with E-state index in [0.29, 0.717) is 0 Å². The van der Waals surface area contributed by atoms with E-state index in [2.05, 4.69) is 20.2 Å². The van der Waals surface area contributed by atoms with Gasteiger partial charge in [0.25, 0.3) is 0 Å². The van der Waals surface area contributed by atoms with Crippen molar-refractivity contribution in [1.29, 1.82) is 0 Å². The Hall–Kier alpha value is -0.570. The highest BCUT2D eigenvalue weighted by Gasteiger charge is 2.13. The van der Waals surface area contributed by atoms with Gasteiger partial charge in [-0.15, -0.1) is 5.92 Å². The van der Waals surface area contributed by atoms with Gasteiger partial charge in [-0.25, -0.2) is 8.37 Å². The van der Waals surface area contributed by atoms with E-state index in [0.717, 1.165) is 0 Å². The normalized spacial score (nSPS) is 13.2. The molecule has 0 fully saturated rings. The molecule has 0 heterocycles. The average Bonchev–Trinajstić information content (AvgIpc) is 1.85. The summed E-state index contributed by atoms with van der Waals surface area (Å²) >= 11 is 0. The summed E-state index contributed by atoms with van der Waals surface area (Å²) in [4.78, 5) is 0. The lowest BCUT2D eigenvalue weighted by atomic mass is 10.4. The van der Waals surface area contributed by atoms with E-state index < -0.39 is 16.5 Å². The van der Waals surface area contributed by atoms with Gasteiger partial charge in [-0.3, -0.25) is 0 Å². The fourth-order valence-corrected chi connectivity index (χ4v) is 1.32. The second-order valence-corrected chi connectivity index (χ2v) is 3.19. The second kappa shape index (κ2) is 5.14. The smallest absolute Gasteiger partial charge is 0.248 e. The summed E-state index contributed by atoms with van der Waals surface area (Å²) in [7, 11) is -3.86. The molecule has 0 amide bonds. The lowest BCUT2D eigenvalue weighted by molar-refractivity contribution is 0.203. The number of hydrogen-bond acceptors (Lipinski definition) is 4. The highest BCUT2D eigenvalue weighted by Crippen LogP contribution is 2.00. The molecule has 0 aromatic carbocycles. The summed E-state index contributed by atoms with van der Waals surface area (Å²) in [6.07, 6.45) is -0.661. The average molecular weight is 192 g/mol. The van der Waals surface area contributed by atoms with Gasteiger partial charge in [-0.1, -0.05) is 5.92 Å². The van der Waals surface area contributed by atoms with E-state index in [1.165, 1.54) is 6.92 Å². The van der Waals surface area contributed by atoms with Gasteiger partial charge in [0.05, 0.1) is 6.61 Å². The van der Waals surface area contributed by atoms with Crippen LogP contribution in [-0.4, -0.2) is 21.1 Å². The Labute approximate surface area is 73.2 Å². The van der Waals surface area contributed by atoms with Crippen LogP contribution in [0.3, 0.4) is 0 Å². The third-order valence-electron chi connectivity index (χ3n) is 0.872. The van der Waals surface area contributed by atoms with Gasteiger partial charge in [-0.05, 0) is 20.8 Å². The first kappa shape index (κ1) is 11.4. The van der Waals surface area contributed by atoms with Gasteiger partial charge in [0, 0.05) is 0 Å². The van der Waals surface area contributed by atoms with Crippen LogP contribution >= 0.6 is 0 Å². The number of hydrogen-bond donors (Lipinski definition) is 0. The molecule has 0 rings (SSSR count). The van der Waals surface area contributed by atoms with Crippen LogP contribution in [0.25, 0.3) is 0 Å². The molecular formula is C7H12O4S. The molecule has 0 aliphatic heterocycles. The van der Waals surface area contributed by atoms with E-state index in [-0.39, 0.29) is 6.61 Å². The molecule has 0 saturated carbocycles. The molecule has 1 unspecified atom stereocenters. The molecule has 0 aromatic heterocycles. The van der Waals surface area contributed by atoms with Gasteiger partial charge in [0.2, 0.25) is 0 Å².